The van der Waals surface area contributed by atoms with Crippen molar-refractivity contribution in [3.8, 4) is 0 Å². The van der Waals surface area contributed by atoms with Crippen LogP contribution < -0.4 is 5.32 Å². The van der Waals surface area contributed by atoms with Crippen LogP contribution in [0.2, 0.25) is 0 Å². The Bertz CT molecular complexity index is 445. The number of carbonyl (C=O) groups is 1. The van der Waals surface area contributed by atoms with E-state index in [4.69, 9.17) is 5.11 Å². The summed E-state index contributed by atoms with van der Waals surface area (Å²) in [6.45, 7) is 4.96. The number of aromatic carboxylic acids is 1. The Balaban J connectivity index is 1.98. The fourth-order valence-electron chi connectivity index (χ4n) is 2.65. The first-order valence-corrected chi connectivity index (χ1v) is 6.52. The lowest BCUT2D eigenvalue weighted by Gasteiger charge is -2.16. The molecule has 0 bridgehead atoms. The number of pyridine rings is 1. The standard InChI is InChI=1S/C14H20N2O2/c1-9-4-3-5-11(9)8-15-13-7-6-12(14(17)18)10(2)16-13/h6-7,9,11H,3-5,8H2,1-2H3,(H,15,16)(H,17,18). The van der Waals surface area contributed by atoms with Gasteiger partial charge in [0.05, 0.1) is 11.3 Å². The molecule has 2 N–H and O–H groups in total. The summed E-state index contributed by atoms with van der Waals surface area (Å²) in [5.74, 6) is 1.34. The molecule has 1 saturated carbocycles. The highest BCUT2D eigenvalue weighted by atomic mass is 16.4. The molecule has 1 aliphatic rings. The predicted octanol–water partition coefficient (Wildman–Crippen LogP) is 2.94. The second-order valence-electron chi connectivity index (χ2n) is 5.18. The summed E-state index contributed by atoms with van der Waals surface area (Å²) in [5, 5.41) is 12.3. The average Bonchev–Trinajstić information content (AvgIpc) is 2.72. The van der Waals surface area contributed by atoms with Crippen molar-refractivity contribution in [2.75, 3.05) is 11.9 Å². The van der Waals surface area contributed by atoms with Gasteiger partial charge in [0, 0.05) is 6.54 Å². The smallest absolute Gasteiger partial charge is 0.337 e. The summed E-state index contributed by atoms with van der Waals surface area (Å²) in [7, 11) is 0. The van der Waals surface area contributed by atoms with Gasteiger partial charge in [0.25, 0.3) is 0 Å². The van der Waals surface area contributed by atoms with Gasteiger partial charge < -0.3 is 10.4 Å². The van der Waals surface area contributed by atoms with E-state index in [0.717, 1.165) is 18.3 Å². The topological polar surface area (TPSA) is 62.2 Å². The Hall–Kier alpha value is -1.58. The number of anilines is 1. The average molecular weight is 248 g/mol. The first kappa shape index (κ1) is 12.9. The maximum Gasteiger partial charge on any atom is 0.337 e. The van der Waals surface area contributed by atoms with Crippen LogP contribution in [0.25, 0.3) is 0 Å². The van der Waals surface area contributed by atoms with Crippen LogP contribution in [0.5, 0.6) is 0 Å². The summed E-state index contributed by atoms with van der Waals surface area (Å²) in [4.78, 5) is 15.2. The van der Waals surface area contributed by atoms with Crippen molar-refractivity contribution >= 4 is 11.8 Å². The molecule has 4 nitrogen and oxygen atoms in total. The monoisotopic (exact) mass is 248 g/mol. The number of carboxylic acids is 1. The van der Waals surface area contributed by atoms with Gasteiger partial charge in [-0.15, -0.1) is 0 Å². The number of hydrogen-bond acceptors (Lipinski definition) is 3. The van der Waals surface area contributed by atoms with Gasteiger partial charge in [-0.2, -0.15) is 0 Å². The van der Waals surface area contributed by atoms with Crippen molar-refractivity contribution in [2.24, 2.45) is 11.8 Å². The maximum absolute atomic E-state index is 10.9. The fourth-order valence-corrected chi connectivity index (χ4v) is 2.65. The van der Waals surface area contributed by atoms with E-state index in [9.17, 15) is 4.79 Å². The van der Waals surface area contributed by atoms with Gasteiger partial charge in [-0.3, -0.25) is 0 Å². The Labute approximate surface area is 107 Å². The quantitative estimate of drug-likeness (QED) is 0.860. The lowest BCUT2D eigenvalue weighted by Crippen LogP contribution is -2.17. The highest BCUT2D eigenvalue weighted by Gasteiger charge is 2.22. The van der Waals surface area contributed by atoms with Gasteiger partial charge in [0.15, 0.2) is 0 Å². The van der Waals surface area contributed by atoms with Gasteiger partial charge in [-0.25, -0.2) is 9.78 Å². The van der Waals surface area contributed by atoms with E-state index in [1.54, 1.807) is 19.1 Å². The van der Waals surface area contributed by atoms with Crippen LogP contribution in [0.15, 0.2) is 12.1 Å². The summed E-state index contributed by atoms with van der Waals surface area (Å²) in [6.07, 6.45) is 3.91. The molecule has 18 heavy (non-hydrogen) atoms. The molecule has 0 saturated heterocycles. The van der Waals surface area contributed by atoms with Crippen LogP contribution in [0.4, 0.5) is 5.82 Å². The molecule has 0 amide bonds. The predicted molar refractivity (Wildman–Crippen MR) is 70.9 cm³/mol. The van der Waals surface area contributed by atoms with E-state index >= 15 is 0 Å². The molecule has 2 unspecified atom stereocenters. The van der Waals surface area contributed by atoms with Crippen molar-refractivity contribution in [1.29, 1.82) is 0 Å². The minimum atomic E-state index is -0.920. The number of nitrogens with one attached hydrogen (secondary N) is 1. The van der Waals surface area contributed by atoms with Crippen LogP contribution >= 0.6 is 0 Å². The summed E-state index contributed by atoms with van der Waals surface area (Å²) in [6, 6.07) is 3.36. The van der Waals surface area contributed by atoms with E-state index in [-0.39, 0.29) is 5.56 Å². The largest absolute Gasteiger partial charge is 0.478 e. The van der Waals surface area contributed by atoms with E-state index in [2.05, 4.69) is 17.2 Å². The van der Waals surface area contributed by atoms with Crippen molar-refractivity contribution in [3.63, 3.8) is 0 Å². The second kappa shape index (κ2) is 5.38. The minimum Gasteiger partial charge on any atom is -0.478 e. The summed E-state index contributed by atoms with van der Waals surface area (Å²) in [5.41, 5.74) is 0.835. The van der Waals surface area contributed by atoms with Gasteiger partial charge in [0.2, 0.25) is 0 Å². The third-order valence-electron chi connectivity index (χ3n) is 3.90. The first-order valence-electron chi connectivity index (χ1n) is 6.52. The van der Waals surface area contributed by atoms with Crippen LogP contribution in [0, 0.1) is 18.8 Å². The van der Waals surface area contributed by atoms with Crippen molar-refractivity contribution < 1.29 is 9.90 Å². The Morgan fingerprint density at radius 2 is 2.28 bits per heavy atom. The zero-order chi connectivity index (χ0) is 13.1. The molecule has 1 aromatic rings. The molecule has 4 heteroatoms. The zero-order valence-corrected chi connectivity index (χ0v) is 10.9. The van der Waals surface area contributed by atoms with Gasteiger partial charge in [-0.1, -0.05) is 19.8 Å². The fraction of sp³-hybridized carbons (Fsp3) is 0.571. The summed E-state index contributed by atoms with van der Waals surface area (Å²) < 4.78 is 0. The van der Waals surface area contributed by atoms with Crippen LogP contribution in [0.3, 0.4) is 0 Å². The first-order chi connectivity index (χ1) is 8.58. The molecule has 1 fully saturated rings. The Morgan fingerprint density at radius 1 is 1.50 bits per heavy atom. The molecule has 0 radical (unpaired) electrons. The lowest BCUT2D eigenvalue weighted by atomic mass is 9.98. The number of rotatable bonds is 4. The Kier molecular flexibility index (Phi) is 3.84. The molecular weight excluding hydrogens is 228 g/mol. The van der Waals surface area contributed by atoms with E-state index in [0.29, 0.717) is 11.6 Å². The third-order valence-corrected chi connectivity index (χ3v) is 3.90. The lowest BCUT2D eigenvalue weighted by molar-refractivity contribution is 0.0695. The minimum absolute atomic E-state index is 0.273. The normalized spacial score (nSPS) is 23.0. The van der Waals surface area contributed by atoms with E-state index in [1.807, 2.05) is 0 Å². The molecule has 2 rings (SSSR count). The van der Waals surface area contributed by atoms with Gasteiger partial charge in [0.1, 0.15) is 5.82 Å². The summed E-state index contributed by atoms with van der Waals surface area (Å²) >= 11 is 0. The van der Waals surface area contributed by atoms with Crippen molar-refractivity contribution in [3.05, 3.63) is 23.4 Å². The molecule has 1 heterocycles. The van der Waals surface area contributed by atoms with Crippen LogP contribution in [0.1, 0.15) is 42.2 Å². The van der Waals surface area contributed by atoms with Gasteiger partial charge >= 0.3 is 5.97 Å². The number of hydrogen-bond donors (Lipinski definition) is 2. The molecule has 1 aromatic heterocycles. The zero-order valence-electron chi connectivity index (χ0n) is 10.9. The molecule has 2 atom stereocenters. The highest BCUT2D eigenvalue weighted by Crippen LogP contribution is 2.31. The van der Waals surface area contributed by atoms with Crippen LogP contribution in [-0.2, 0) is 0 Å². The SMILES string of the molecule is Cc1nc(NCC2CCCC2C)ccc1C(=O)O. The number of carboxylic acid groups (broad SMARTS) is 1. The van der Waals surface area contributed by atoms with Crippen LogP contribution in [-0.4, -0.2) is 22.6 Å². The third kappa shape index (κ3) is 2.81. The second-order valence-corrected chi connectivity index (χ2v) is 5.18. The van der Waals surface area contributed by atoms with E-state index in [1.165, 1.54) is 19.3 Å². The molecule has 1 aliphatic carbocycles. The number of nitrogens with zero attached hydrogens (tertiary/aromatic N) is 1. The van der Waals surface area contributed by atoms with E-state index < -0.39 is 5.97 Å². The molecule has 0 aliphatic heterocycles. The number of aromatic nitrogens is 1. The molecular formula is C14H20N2O2. The van der Waals surface area contributed by atoms with Crippen molar-refractivity contribution in [1.82, 2.24) is 4.98 Å². The Morgan fingerprint density at radius 3 is 2.83 bits per heavy atom. The maximum atomic E-state index is 10.9. The number of aryl methyl sites for hydroxylation is 1. The molecule has 98 valence electrons. The van der Waals surface area contributed by atoms with Gasteiger partial charge in [-0.05, 0) is 37.3 Å². The molecule has 0 aromatic carbocycles. The van der Waals surface area contributed by atoms with Crippen molar-refractivity contribution in [2.45, 2.75) is 33.1 Å². The molecule has 0 spiro atoms. The highest BCUT2D eigenvalue weighted by molar-refractivity contribution is 5.89.